The molecule has 1 unspecified atom stereocenters. The molecule has 0 aliphatic carbocycles. The summed E-state index contributed by atoms with van der Waals surface area (Å²) in [5.74, 6) is 1.43. The lowest BCUT2D eigenvalue weighted by atomic mass is 10.2. The molecule has 6 heteroatoms. The summed E-state index contributed by atoms with van der Waals surface area (Å²) >= 11 is 6.22. The highest BCUT2D eigenvalue weighted by Gasteiger charge is 2.25. The van der Waals surface area contributed by atoms with Crippen LogP contribution in [0.25, 0.3) is 0 Å². The number of hydrogen-bond acceptors (Lipinski definition) is 5. The highest BCUT2D eigenvalue weighted by atomic mass is 35.5. The van der Waals surface area contributed by atoms with Gasteiger partial charge >= 0.3 is 0 Å². The second kappa shape index (κ2) is 6.20. The Labute approximate surface area is 113 Å². The van der Waals surface area contributed by atoms with Gasteiger partial charge in [0.25, 0.3) is 0 Å². The Morgan fingerprint density at radius 1 is 1.56 bits per heavy atom. The molecule has 18 heavy (non-hydrogen) atoms. The standard InChI is InChI=1S/C12H19ClN4O/c1-3-9-8-18-6-5-17(9)11-10(13)7-15-12(16-11)14-4-2/h7,9H,3-6,8H2,1-2H3,(H,14,15,16). The molecule has 0 amide bonds. The number of aromatic nitrogens is 2. The van der Waals surface area contributed by atoms with E-state index in [1.54, 1.807) is 6.20 Å². The summed E-state index contributed by atoms with van der Waals surface area (Å²) in [6.45, 7) is 7.22. The average Bonchev–Trinajstić information content (AvgIpc) is 2.41. The number of rotatable bonds is 4. The molecule has 1 aromatic rings. The van der Waals surface area contributed by atoms with Crippen LogP contribution < -0.4 is 10.2 Å². The largest absolute Gasteiger partial charge is 0.377 e. The molecule has 1 N–H and O–H groups in total. The number of ether oxygens (including phenoxy) is 1. The van der Waals surface area contributed by atoms with Gasteiger partial charge in [0.1, 0.15) is 5.02 Å². The van der Waals surface area contributed by atoms with E-state index >= 15 is 0 Å². The number of nitrogens with zero attached hydrogens (tertiary/aromatic N) is 3. The fourth-order valence-electron chi connectivity index (χ4n) is 2.07. The fraction of sp³-hybridized carbons (Fsp3) is 0.667. The van der Waals surface area contributed by atoms with Gasteiger partial charge in [-0.3, -0.25) is 0 Å². The molecule has 0 spiro atoms. The zero-order valence-corrected chi connectivity index (χ0v) is 11.6. The van der Waals surface area contributed by atoms with E-state index in [2.05, 4.69) is 27.1 Å². The molecule has 1 aromatic heterocycles. The number of nitrogens with one attached hydrogen (secondary N) is 1. The first-order chi connectivity index (χ1) is 8.76. The van der Waals surface area contributed by atoms with Gasteiger partial charge in [-0.1, -0.05) is 18.5 Å². The number of hydrogen-bond donors (Lipinski definition) is 1. The van der Waals surface area contributed by atoms with Gasteiger partial charge in [0, 0.05) is 13.1 Å². The van der Waals surface area contributed by atoms with Gasteiger partial charge in [0.2, 0.25) is 5.95 Å². The van der Waals surface area contributed by atoms with Crippen molar-refractivity contribution in [3.05, 3.63) is 11.2 Å². The van der Waals surface area contributed by atoms with Crippen LogP contribution in [0, 0.1) is 0 Å². The molecule has 0 aromatic carbocycles. The van der Waals surface area contributed by atoms with Gasteiger partial charge in [-0.25, -0.2) is 4.98 Å². The smallest absolute Gasteiger partial charge is 0.224 e. The maximum atomic E-state index is 6.22. The van der Waals surface area contributed by atoms with Crippen LogP contribution in [0.3, 0.4) is 0 Å². The normalized spacial score (nSPS) is 19.9. The minimum Gasteiger partial charge on any atom is -0.377 e. The minimum atomic E-state index is 0.334. The third-order valence-electron chi connectivity index (χ3n) is 3.03. The van der Waals surface area contributed by atoms with Crippen LogP contribution in [0.15, 0.2) is 6.20 Å². The lowest BCUT2D eigenvalue weighted by Gasteiger charge is -2.36. The quantitative estimate of drug-likeness (QED) is 0.909. The van der Waals surface area contributed by atoms with Crippen molar-refractivity contribution in [2.24, 2.45) is 0 Å². The zero-order valence-electron chi connectivity index (χ0n) is 10.8. The Bertz CT molecular complexity index is 402. The van der Waals surface area contributed by atoms with Gasteiger partial charge in [0.15, 0.2) is 5.82 Å². The van der Waals surface area contributed by atoms with Gasteiger partial charge in [-0.2, -0.15) is 4.98 Å². The van der Waals surface area contributed by atoms with E-state index in [1.807, 2.05) is 6.92 Å². The van der Waals surface area contributed by atoms with Crippen molar-refractivity contribution in [2.75, 3.05) is 36.5 Å². The van der Waals surface area contributed by atoms with Gasteiger partial charge in [0.05, 0.1) is 25.5 Å². The fourth-order valence-corrected chi connectivity index (χ4v) is 2.27. The maximum Gasteiger partial charge on any atom is 0.224 e. The highest BCUT2D eigenvalue weighted by molar-refractivity contribution is 6.32. The topological polar surface area (TPSA) is 50.3 Å². The summed E-state index contributed by atoms with van der Waals surface area (Å²) in [6.07, 6.45) is 2.67. The van der Waals surface area contributed by atoms with Crippen molar-refractivity contribution < 1.29 is 4.74 Å². The van der Waals surface area contributed by atoms with Gasteiger partial charge in [-0.05, 0) is 13.3 Å². The average molecular weight is 271 g/mol. The maximum absolute atomic E-state index is 6.22. The number of halogens is 1. The molecule has 1 aliphatic rings. The van der Waals surface area contributed by atoms with Crippen molar-refractivity contribution in [3.8, 4) is 0 Å². The molecule has 1 aliphatic heterocycles. The molecule has 0 saturated carbocycles. The molecule has 2 rings (SSSR count). The Morgan fingerprint density at radius 3 is 3.11 bits per heavy atom. The summed E-state index contributed by atoms with van der Waals surface area (Å²) < 4.78 is 5.50. The van der Waals surface area contributed by atoms with Crippen molar-refractivity contribution in [1.29, 1.82) is 0 Å². The molecule has 5 nitrogen and oxygen atoms in total. The van der Waals surface area contributed by atoms with Crippen LogP contribution in [0.1, 0.15) is 20.3 Å². The molecule has 0 radical (unpaired) electrons. The van der Waals surface area contributed by atoms with Crippen LogP contribution in [0.2, 0.25) is 5.02 Å². The van der Waals surface area contributed by atoms with E-state index < -0.39 is 0 Å². The molecule has 0 bridgehead atoms. The van der Waals surface area contributed by atoms with Crippen LogP contribution in [0.4, 0.5) is 11.8 Å². The summed E-state index contributed by atoms with van der Waals surface area (Å²) in [4.78, 5) is 10.9. The molecular weight excluding hydrogens is 252 g/mol. The van der Waals surface area contributed by atoms with Crippen molar-refractivity contribution in [3.63, 3.8) is 0 Å². The predicted molar refractivity (Wildman–Crippen MR) is 73.4 cm³/mol. The summed E-state index contributed by atoms with van der Waals surface area (Å²) in [5.41, 5.74) is 0. The SMILES string of the molecule is CCNc1ncc(Cl)c(N2CCOCC2CC)n1. The molecule has 100 valence electrons. The summed E-state index contributed by atoms with van der Waals surface area (Å²) in [6, 6.07) is 0.334. The van der Waals surface area contributed by atoms with E-state index in [4.69, 9.17) is 16.3 Å². The van der Waals surface area contributed by atoms with Gasteiger partial charge < -0.3 is 15.0 Å². The molecular formula is C12H19ClN4O. The monoisotopic (exact) mass is 270 g/mol. The molecule has 2 heterocycles. The van der Waals surface area contributed by atoms with Crippen LogP contribution in [-0.2, 0) is 4.74 Å². The number of anilines is 2. The summed E-state index contributed by atoms with van der Waals surface area (Å²) in [5, 5.41) is 3.70. The first-order valence-corrected chi connectivity index (χ1v) is 6.74. The lowest BCUT2D eigenvalue weighted by molar-refractivity contribution is 0.0926. The molecule has 1 saturated heterocycles. The lowest BCUT2D eigenvalue weighted by Crippen LogP contribution is -2.45. The van der Waals surface area contributed by atoms with E-state index in [9.17, 15) is 0 Å². The van der Waals surface area contributed by atoms with E-state index in [-0.39, 0.29) is 0 Å². The predicted octanol–water partition coefficient (Wildman–Crippen LogP) is 2.18. The van der Waals surface area contributed by atoms with Crippen LogP contribution in [-0.4, -0.2) is 42.3 Å². The zero-order chi connectivity index (χ0) is 13.0. The van der Waals surface area contributed by atoms with Gasteiger partial charge in [-0.15, -0.1) is 0 Å². The van der Waals surface area contributed by atoms with Crippen LogP contribution >= 0.6 is 11.6 Å². The van der Waals surface area contributed by atoms with Crippen LogP contribution in [0.5, 0.6) is 0 Å². The van der Waals surface area contributed by atoms with Crippen molar-refractivity contribution in [2.45, 2.75) is 26.3 Å². The minimum absolute atomic E-state index is 0.334. The number of morpholine rings is 1. The third kappa shape index (κ3) is 2.84. The first-order valence-electron chi connectivity index (χ1n) is 6.37. The first kappa shape index (κ1) is 13.4. The Balaban J connectivity index is 2.26. The Kier molecular flexibility index (Phi) is 4.60. The van der Waals surface area contributed by atoms with E-state index in [0.717, 1.165) is 31.9 Å². The molecule has 1 fully saturated rings. The van der Waals surface area contributed by atoms with E-state index in [1.165, 1.54) is 0 Å². The second-order valence-corrected chi connectivity index (χ2v) is 4.63. The second-order valence-electron chi connectivity index (χ2n) is 4.23. The highest BCUT2D eigenvalue weighted by Crippen LogP contribution is 2.27. The summed E-state index contributed by atoms with van der Waals surface area (Å²) in [7, 11) is 0. The van der Waals surface area contributed by atoms with Crippen molar-refractivity contribution >= 4 is 23.4 Å². The Morgan fingerprint density at radius 2 is 2.39 bits per heavy atom. The third-order valence-corrected chi connectivity index (χ3v) is 3.30. The van der Waals surface area contributed by atoms with E-state index in [0.29, 0.717) is 23.6 Å². The molecule has 1 atom stereocenters. The van der Waals surface area contributed by atoms with Crippen molar-refractivity contribution in [1.82, 2.24) is 9.97 Å². The Hall–Kier alpha value is -1.07.